The molecule has 21 heavy (non-hydrogen) atoms. The fraction of sp³-hybridized carbons (Fsp3) is 0.308. The SMILES string of the molecule is Cc1c(S(=O)(=O)N(C)Cc2ccccc2F)c(N)nn1C. The molecule has 0 unspecified atom stereocenters. The van der Waals surface area contributed by atoms with Gasteiger partial charge < -0.3 is 5.73 Å². The fourth-order valence-electron chi connectivity index (χ4n) is 2.04. The van der Waals surface area contributed by atoms with E-state index in [1.54, 1.807) is 32.2 Å². The molecule has 2 aromatic rings. The van der Waals surface area contributed by atoms with Crippen LogP contribution in [0, 0.1) is 12.7 Å². The van der Waals surface area contributed by atoms with Crippen molar-refractivity contribution >= 4 is 15.8 Å². The van der Waals surface area contributed by atoms with Crippen LogP contribution in [0.1, 0.15) is 11.3 Å². The van der Waals surface area contributed by atoms with Crippen LogP contribution in [0.2, 0.25) is 0 Å². The second-order valence-corrected chi connectivity index (χ2v) is 6.76. The number of nitrogen functional groups attached to an aromatic ring is 1. The topological polar surface area (TPSA) is 81.2 Å². The van der Waals surface area contributed by atoms with Crippen molar-refractivity contribution in [3.8, 4) is 0 Å². The average molecular weight is 312 g/mol. The minimum Gasteiger partial charge on any atom is -0.381 e. The molecule has 114 valence electrons. The van der Waals surface area contributed by atoms with Gasteiger partial charge in [0.25, 0.3) is 0 Å². The van der Waals surface area contributed by atoms with E-state index in [2.05, 4.69) is 5.10 Å². The highest BCUT2D eigenvalue weighted by Crippen LogP contribution is 2.25. The van der Waals surface area contributed by atoms with Crippen LogP contribution in [0.3, 0.4) is 0 Å². The molecule has 6 nitrogen and oxygen atoms in total. The van der Waals surface area contributed by atoms with Crippen molar-refractivity contribution in [2.75, 3.05) is 12.8 Å². The van der Waals surface area contributed by atoms with Gasteiger partial charge in [0.2, 0.25) is 10.0 Å². The molecule has 0 bridgehead atoms. The molecule has 0 amide bonds. The molecule has 0 fully saturated rings. The molecular formula is C13H17FN4O2S. The van der Waals surface area contributed by atoms with Gasteiger partial charge in [0.05, 0.1) is 5.69 Å². The van der Waals surface area contributed by atoms with Crippen LogP contribution < -0.4 is 5.73 Å². The first-order chi connectivity index (χ1) is 9.75. The third kappa shape index (κ3) is 2.77. The normalized spacial score (nSPS) is 12.0. The van der Waals surface area contributed by atoms with Gasteiger partial charge in [-0.25, -0.2) is 12.8 Å². The van der Waals surface area contributed by atoms with Gasteiger partial charge in [0, 0.05) is 26.2 Å². The van der Waals surface area contributed by atoms with Gasteiger partial charge in [-0.1, -0.05) is 18.2 Å². The van der Waals surface area contributed by atoms with Crippen molar-refractivity contribution in [2.45, 2.75) is 18.4 Å². The molecule has 2 N–H and O–H groups in total. The third-order valence-corrected chi connectivity index (χ3v) is 5.29. The maximum atomic E-state index is 13.6. The lowest BCUT2D eigenvalue weighted by Gasteiger charge is -2.17. The first-order valence-corrected chi connectivity index (χ1v) is 7.68. The number of anilines is 1. The van der Waals surface area contributed by atoms with E-state index in [4.69, 9.17) is 5.73 Å². The molecule has 0 radical (unpaired) electrons. The number of aromatic nitrogens is 2. The number of nitrogens with two attached hydrogens (primary N) is 1. The summed E-state index contributed by atoms with van der Waals surface area (Å²) in [5.41, 5.74) is 6.41. The van der Waals surface area contributed by atoms with E-state index in [1.807, 2.05) is 0 Å². The summed E-state index contributed by atoms with van der Waals surface area (Å²) in [6.07, 6.45) is 0. The predicted molar refractivity (Wildman–Crippen MR) is 77.4 cm³/mol. The summed E-state index contributed by atoms with van der Waals surface area (Å²) in [6.45, 7) is 1.54. The van der Waals surface area contributed by atoms with Crippen molar-refractivity contribution in [1.29, 1.82) is 0 Å². The monoisotopic (exact) mass is 312 g/mol. The van der Waals surface area contributed by atoms with Crippen LogP contribution in [-0.2, 0) is 23.6 Å². The van der Waals surface area contributed by atoms with Crippen LogP contribution in [0.5, 0.6) is 0 Å². The second-order valence-electron chi connectivity index (χ2n) is 4.78. The van der Waals surface area contributed by atoms with E-state index < -0.39 is 15.8 Å². The molecular weight excluding hydrogens is 295 g/mol. The van der Waals surface area contributed by atoms with Gasteiger partial charge in [0.15, 0.2) is 5.82 Å². The highest BCUT2D eigenvalue weighted by atomic mass is 32.2. The van der Waals surface area contributed by atoms with E-state index in [0.29, 0.717) is 11.3 Å². The molecule has 0 atom stereocenters. The van der Waals surface area contributed by atoms with Gasteiger partial charge >= 0.3 is 0 Å². The van der Waals surface area contributed by atoms with E-state index in [9.17, 15) is 12.8 Å². The Balaban J connectivity index is 2.38. The lowest BCUT2D eigenvalue weighted by atomic mass is 10.2. The van der Waals surface area contributed by atoms with Crippen molar-refractivity contribution in [2.24, 2.45) is 7.05 Å². The minimum absolute atomic E-state index is 0.0381. The van der Waals surface area contributed by atoms with Gasteiger partial charge in [-0.05, 0) is 13.0 Å². The molecule has 1 aromatic carbocycles. The molecule has 0 spiro atoms. The Hall–Kier alpha value is -1.93. The van der Waals surface area contributed by atoms with Crippen molar-refractivity contribution in [1.82, 2.24) is 14.1 Å². The number of hydrogen-bond acceptors (Lipinski definition) is 4. The van der Waals surface area contributed by atoms with E-state index in [-0.39, 0.29) is 17.3 Å². The molecule has 1 heterocycles. The van der Waals surface area contributed by atoms with Crippen molar-refractivity contribution in [3.05, 3.63) is 41.3 Å². The molecule has 1 aromatic heterocycles. The number of benzene rings is 1. The van der Waals surface area contributed by atoms with Crippen molar-refractivity contribution in [3.63, 3.8) is 0 Å². The molecule has 2 rings (SSSR count). The number of rotatable bonds is 4. The van der Waals surface area contributed by atoms with Gasteiger partial charge in [-0.15, -0.1) is 0 Å². The summed E-state index contributed by atoms with van der Waals surface area (Å²) in [6, 6.07) is 6.04. The maximum absolute atomic E-state index is 13.6. The molecule has 0 saturated carbocycles. The number of nitrogens with zero attached hydrogens (tertiary/aromatic N) is 3. The zero-order valence-electron chi connectivity index (χ0n) is 12.0. The highest BCUT2D eigenvalue weighted by molar-refractivity contribution is 7.89. The summed E-state index contributed by atoms with van der Waals surface area (Å²) in [5.74, 6) is -0.509. The summed E-state index contributed by atoms with van der Waals surface area (Å²) >= 11 is 0. The van der Waals surface area contributed by atoms with Gasteiger partial charge in [0.1, 0.15) is 10.7 Å². The van der Waals surface area contributed by atoms with Gasteiger partial charge in [-0.3, -0.25) is 4.68 Å². The minimum atomic E-state index is -3.84. The Kier molecular flexibility index (Phi) is 4.02. The van der Waals surface area contributed by atoms with Crippen molar-refractivity contribution < 1.29 is 12.8 Å². The van der Waals surface area contributed by atoms with Crippen LogP contribution in [-0.4, -0.2) is 29.6 Å². The van der Waals surface area contributed by atoms with Gasteiger partial charge in [-0.2, -0.15) is 9.40 Å². The van der Waals surface area contributed by atoms with Crippen LogP contribution in [0.25, 0.3) is 0 Å². The number of aryl methyl sites for hydroxylation is 1. The summed E-state index contributed by atoms with van der Waals surface area (Å²) in [5, 5.41) is 3.90. The Bertz CT molecular complexity index is 770. The predicted octanol–water partition coefficient (Wildman–Crippen LogP) is 1.27. The Morgan fingerprint density at radius 2 is 2.00 bits per heavy atom. The van der Waals surface area contributed by atoms with Crippen LogP contribution in [0.4, 0.5) is 10.2 Å². The lowest BCUT2D eigenvalue weighted by Crippen LogP contribution is -2.28. The Labute approximate surface area is 123 Å². The quantitative estimate of drug-likeness (QED) is 0.922. The summed E-state index contributed by atoms with van der Waals surface area (Å²) < 4.78 is 41.2. The zero-order chi connectivity index (χ0) is 15.8. The second kappa shape index (κ2) is 5.45. The zero-order valence-corrected chi connectivity index (χ0v) is 12.9. The first-order valence-electron chi connectivity index (χ1n) is 6.24. The lowest BCUT2D eigenvalue weighted by molar-refractivity contribution is 0.456. The standard InChI is InChI=1S/C13H17FN4O2S/c1-9-12(13(15)16-18(9)3)21(19,20)17(2)8-10-6-4-5-7-11(10)14/h4-7H,8H2,1-3H3,(H2,15,16). The molecule has 0 aliphatic rings. The molecule has 0 saturated heterocycles. The molecule has 0 aliphatic heterocycles. The third-order valence-electron chi connectivity index (χ3n) is 3.32. The number of hydrogen-bond donors (Lipinski definition) is 1. The molecule has 8 heteroatoms. The largest absolute Gasteiger partial charge is 0.381 e. The average Bonchev–Trinajstić information content (AvgIpc) is 2.66. The first kappa shape index (κ1) is 15.5. The molecule has 0 aliphatic carbocycles. The number of sulfonamides is 1. The van der Waals surface area contributed by atoms with Crippen LogP contribution in [0.15, 0.2) is 29.2 Å². The van der Waals surface area contributed by atoms with E-state index >= 15 is 0 Å². The summed E-state index contributed by atoms with van der Waals surface area (Å²) in [4.78, 5) is -0.0381. The Morgan fingerprint density at radius 3 is 2.52 bits per heavy atom. The van der Waals surface area contributed by atoms with E-state index in [1.165, 1.54) is 17.8 Å². The Morgan fingerprint density at radius 1 is 1.38 bits per heavy atom. The van der Waals surface area contributed by atoms with E-state index in [0.717, 1.165) is 4.31 Å². The van der Waals surface area contributed by atoms with Crippen LogP contribution >= 0.6 is 0 Å². The summed E-state index contributed by atoms with van der Waals surface area (Å²) in [7, 11) is -0.841. The number of halogens is 1. The smallest absolute Gasteiger partial charge is 0.248 e. The fourth-order valence-corrected chi connectivity index (χ4v) is 3.47. The maximum Gasteiger partial charge on any atom is 0.248 e. The highest BCUT2D eigenvalue weighted by Gasteiger charge is 2.29.